The van der Waals surface area contributed by atoms with Crippen LogP contribution in [0.5, 0.6) is 0 Å². The lowest BCUT2D eigenvalue weighted by atomic mass is 10.1. The van der Waals surface area contributed by atoms with Crippen molar-refractivity contribution in [3.63, 3.8) is 0 Å². The maximum absolute atomic E-state index is 11.9. The maximum Gasteiger partial charge on any atom is 0.250 e. The quantitative estimate of drug-likeness (QED) is 0.757. The highest BCUT2D eigenvalue weighted by atomic mass is 32.2. The number of anilines is 1. The van der Waals surface area contributed by atoms with E-state index >= 15 is 0 Å². The molecular formula is C10H16N2O3S2. The van der Waals surface area contributed by atoms with Crippen LogP contribution in [0, 0.1) is 5.92 Å². The normalized spacial score (nSPS) is 25.2. The first-order chi connectivity index (χ1) is 7.99. The summed E-state index contributed by atoms with van der Waals surface area (Å²) in [5, 5.41) is 11.2. The van der Waals surface area contributed by atoms with Crippen LogP contribution in [-0.4, -0.2) is 26.2 Å². The number of nitrogens with two attached hydrogens (primary N) is 1. The molecule has 0 aliphatic heterocycles. The zero-order valence-corrected chi connectivity index (χ0v) is 10.9. The summed E-state index contributed by atoms with van der Waals surface area (Å²) >= 11 is 1.10. The SMILES string of the molecule is Nc1csc(S(=O)(=O)NCC2CCCC2O)c1. The Hall–Kier alpha value is -0.630. The van der Waals surface area contributed by atoms with Gasteiger partial charge in [0.2, 0.25) is 10.0 Å². The van der Waals surface area contributed by atoms with Crippen molar-refractivity contribution in [1.82, 2.24) is 4.72 Å². The molecule has 0 saturated heterocycles. The van der Waals surface area contributed by atoms with Crippen LogP contribution < -0.4 is 10.5 Å². The zero-order valence-electron chi connectivity index (χ0n) is 9.30. The van der Waals surface area contributed by atoms with Crippen LogP contribution in [0.25, 0.3) is 0 Å². The molecule has 1 aromatic rings. The van der Waals surface area contributed by atoms with Crippen LogP contribution in [0.3, 0.4) is 0 Å². The van der Waals surface area contributed by atoms with Crippen LogP contribution in [0.15, 0.2) is 15.7 Å². The molecule has 0 amide bonds. The summed E-state index contributed by atoms with van der Waals surface area (Å²) in [6.07, 6.45) is 2.21. The van der Waals surface area contributed by atoms with E-state index in [4.69, 9.17) is 5.73 Å². The third-order valence-electron chi connectivity index (χ3n) is 3.02. The molecule has 2 unspecified atom stereocenters. The topological polar surface area (TPSA) is 92.4 Å². The van der Waals surface area contributed by atoms with Gasteiger partial charge in [-0.1, -0.05) is 6.42 Å². The van der Waals surface area contributed by atoms with Gasteiger partial charge in [0.15, 0.2) is 0 Å². The van der Waals surface area contributed by atoms with E-state index in [9.17, 15) is 13.5 Å². The molecule has 4 N–H and O–H groups in total. The van der Waals surface area contributed by atoms with Crippen molar-refractivity contribution in [1.29, 1.82) is 0 Å². The zero-order chi connectivity index (χ0) is 12.5. The van der Waals surface area contributed by atoms with Gasteiger partial charge in [0.25, 0.3) is 0 Å². The Morgan fingerprint density at radius 2 is 2.29 bits per heavy atom. The average Bonchev–Trinajstić information content (AvgIpc) is 2.85. The second-order valence-corrected chi connectivity index (χ2v) is 7.21. The van der Waals surface area contributed by atoms with E-state index in [0.29, 0.717) is 12.2 Å². The third kappa shape index (κ3) is 2.98. The lowest BCUT2D eigenvalue weighted by molar-refractivity contribution is 0.134. The van der Waals surface area contributed by atoms with Crippen LogP contribution in [0.2, 0.25) is 0 Å². The molecule has 2 rings (SSSR count). The fourth-order valence-corrected chi connectivity index (χ4v) is 4.23. The van der Waals surface area contributed by atoms with Crippen molar-refractivity contribution in [2.24, 2.45) is 5.92 Å². The van der Waals surface area contributed by atoms with E-state index in [1.54, 1.807) is 5.38 Å². The van der Waals surface area contributed by atoms with Gasteiger partial charge in [0, 0.05) is 17.6 Å². The fraction of sp³-hybridized carbons (Fsp3) is 0.600. The van der Waals surface area contributed by atoms with Gasteiger partial charge in [-0.2, -0.15) is 0 Å². The molecule has 1 heterocycles. The molecule has 1 fully saturated rings. The van der Waals surface area contributed by atoms with E-state index in [1.165, 1.54) is 6.07 Å². The maximum atomic E-state index is 11.9. The first kappa shape index (κ1) is 12.8. The first-order valence-corrected chi connectivity index (χ1v) is 7.87. The van der Waals surface area contributed by atoms with E-state index < -0.39 is 10.0 Å². The Bertz CT molecular complexity index is 483. The van der Waals surface area contributed by atoms with Crippen molar-refractivity contribution in [2.75, 3.05) is 12.3 Å². The van der Waals surface area contributed by atoms with E-state index in [0.717, 1.165) is 30.6 Å². The number of nitrogens with one attached hydrogen (secondary N) is 1. The minimum atomic E-state index is -3.47. The van der Waals surface area contributed by atoms with Crippen molar-refractivity contribution in [3.05, 3.63) is 11.4 Å². The van der Waals surface area contributed by atoms with Gasteiger partial charge in [0.1, 0.15) is 4.21 Å². The molecule has 0 aromatic carbocycles. The Morgan fingerprint density at radius 1 is 1.53 bits per heavy atom. The molecule has 96 valence electrons. The summed E-state index contributed by atoms with van der Waals surface area (Å²) in [7, 11) is -3.47. The third-order valence-corrected chi connectivity index (χ3v) is 5.90. The second kappa shape index (κ2) is 4.93. The number of nitrogen functional groups attached to an aromatic ring is 1. The van der Waals surface area contributed by atoms with Gasteiger partial charge < -0.3 is 10.8 Å². The van der Waals surface area contributed by atoms with Gasteiger partial charge in [-0.25, -0.2) is 13.1 Å². The Balaban J connectivity index is 1.98. The van der Waals surface area contributed by atoms with Crippen LogP contribution in [0.4, 0.5) is 5.69 Å². The van der Waals surface area contributed by atoms with Crippen LogP contribution in [-0.2, 0) is 10.0 Å². The molecule has 1 aromatic heterocycles. The highest BCUT2D eigenvalue weighted by Gasteiger charge is 2.27. The lowest BCUT2D eigenvalue weighted by Crippen LogP contribution is -2.32. The summed E-state index contributed by atoms with van der Waals surface area (Å²) in [5.41, 5.74) is 5.95. The van der Waals surface area contributed by atoms with Crippen molar-refractivity contribution < 1.29 is 13.5 Å². The van der Waals surface area contributed by atoms with E-state index in [1.807, 2.05) is 0 Å². The van der Waals surface area contributed by atoms with Gasteiger partial charge in [-0.3, -0.25) is 0 Å². The number of hydrogen-bond donors (Lipinski definition) is 3. The molecule has 7 heteroatoms. The predicted octanol–water partition coefficient (Wildman–Crippen LogP) is 0.770. The van der Waals surface area contributed by atoms with Gasteiger partial charge >= 0.3 is 0 Å². The van der Waals surface area contributed by atoms with Gasteiger partial charge in [-0.15, -0.1) is 11.3 Å². The minimum Gasteiger partial charge on any atom is -0.398 e. The monoisotopic (exact) mass is 276 g/mol. The molecule has 2 atom stereocenters. The molecule has 17 heavy (non-hydrogen) atoms. The van der Waals surface area contributed by atoms with Crippen molar-refractivity contribution in [3.8, 4) is 0 Å². The number of hydrogen-bond acceptors (Lipinski definition) is 5. The Morgan fingerprint density at radius 3 is 2.82 bits per heavy atom. The highest BCUT2D eigenvalue weighted by molar-refractivity contribution is 7.91. The molecular weight excluding hydrogens is 260 g/mol. The highest BCUT2D eigenvalue weighted by Crippen LogP contribution is 2.26. The first-order valence-electron chi connectivity index (χ1n) is 5.51. The summed E-state index contributed by atoms with van der Waals surface area (Å²) in [6.45, 7) is 0.293. The molecule has 0 bridgehead atoms. The smallest absolute Gasteiger partial charge is 0.250 e. The van der Waals surface area contributed by atoms with E-state index in [2.05, 4.69) is 4.72 Å². The number of rotatable bonds is 4. The van der Waals surface area contributed by atoms with Crippen molar-refractivity contribution in [2.45, 2.75) is 29.6 Å². The number of aliphatic hydroxyl groups excluding tert-OH is 1. The molecule has 1 aliphatic carbocycles. The number of aliphatic hydroxyl groups is 1. The summed E-state index contributed by atoms with van der Waals surface area (Å²) in [4.78, 5) is 0. The van der Waals surface area contributed by atoms with Gasteiger partial charge in [0.05, 0.1) is 6.10 Å². The Kier molecular flexibility index (Phi) is 3.72. The van der Waals surface area contributed by atoms with Crippen LogP contribution in [0.1, 0.15) is 19.3 Å². The number of thiophene rings is 1. The van der Waals surface area contributed by atoms with Crippen LogP contribution >= 0.6 is 11.3 Å². The summed E-state index contributed by atoms with van der Waals surface area (Å²) in [6, 6.07) is 1.44. The van der Waals surface area contributed by atoms with Gasteiger partial charge in [-0.05, 0) is 24.8 Å². The molecule has 0 spiro atoms. The summed E-state index contributed by atoms with van der Waals surface area (Å²) in [5.74, 6) is 0.0297. The molecule has 1 saturated carbocycles. The minimum absolute atomic E-state index is 0.0297. The molecule has 1 aliphatic rings. The Labute approximate surface area is 105 Å². The second-order valence-electron chi connectivity index (χ2n) is 4.31. The summed E-state index contributed by atoms with van der Waals surface area (Å²) < 4.78 is 26.5. The van der Waals surface area contributed by atoms with E-state index in [-0.39, 0.29) is 16.2 Å². The largest absolute Gasteiger partial charge is 0.398 e. The van der Waals surface area contributed by atoms with Crippen molar-refractivity contribution >= 4 is 27.0 Å². The average molecular weight is 276 g/mol. The fourth-order valence-electron chi connectivity index (χ4n) is 2.01. The predicted molar refractivity (Wildman–Crippen MR) is 67.3 cm³/mol. The lowest BCUT2D eigenvalue weighted by Gasteiger charge is -2.14. The number of sulfonamides is 1. The molecule has 5 nitrogen and oxygen atoms in total. The molecule has 0 radical (unpaired) electrons. The standard InChI is InChI=1S/C10H16N2O3S2/c11-8-4-10(16-6-8)17(14,15)12-5-7-2-1-3-9(7)13/h4,6-7,9,12-13H,1-3,5,11H2.